The van der Waals surface area contributed by atoms with Crippen LogP contribution in [-0.2, 0) is 6.54 Å². The van der Waals surface area contributed by atoms with Crippen LogP contribution in [0.3, 0.4) is 0 Å². The molecule has 0 unspecified atom stereocenters. The molecule has 0 aliphatic carbocycles. The number of halogens is 2. The van der Waals surface area contributed by atoms with Gasteiger partial charge in [-0.25, -0.2) is 4.99 Å². The molecule has 0 saturated heterocycles. The largest absolute Gasteiger partial charge is 0.454 e. The summed E-state index contributed by atoms with van der Waals surface area (Å²) in [5, 5.41) is 14.4. The smallest absolute Gasteiger partial charge is 0.294 e. The van der Waals surface area contributed by atoms with Crippen molar-refractivity contribution < 1.29 is 14.4 Å². The summed E-state index contributed by atoms with van der Waals surface area (Å²) in [6.07, 6.45) is 0. The highest BCUT2D eigenvalue weighted by Crippen LogP contribution is 2.35. The summed E-state index contributed by atoms with van der Waals surface area (Å²) < 4.78 is 12.9. The molecular weight excluding hydrogens is 485 g/mol. The number of rotatable bonds is 5. The van der Waals surface area contributed by atoms with Crippen LogP contribution in [0.1, 0.15) is 5.56 Å². The first-order valence-electron chi connectivity index (χ1n) is 9.80. The average Bonchev–Trinajstić information content (AvgIpc) is 3.41. The van der Waals surface area contributed by atoms with Gasteiger partial charge in [0.1, 0.15) is 5.69 Å². The van der Waals surface area contributed by atoms with Crippen LogP contribution in [0.25, 0.3) is 11.3 Å². The van der Waals surface area contributed by atoms with Crippen molar-refractivity contribution in [3.8, 4) is 22.8 Å². The number of hydrogen-bond donors (Lipinski definition) is 0. The maximum atomic E-state index is 11.5. The first-order chi connectivity index (χ1) is 16.0. The van der Waals surface area contributed by atoms with E-state index in [9.17, 15) is 10.1 Å². The second-order valence-electron chi connectivity index (χ2n) is 7.16. The Hall–Kier alpha value is -3.33. The maximum absolute atomic E-state index is 11.5. The summed E-state index contributed by atoms with van der Waals surface area (Å²) in [6, 6.07) is 17.4. The van der Waals surface area contributed by atoms with Crippen molar-refractivity contribution in [3.05, 3.63) is 96.6 Å². The highest BCUT2D eigenvalue weighted by Gasteiger charge is 2.17. The van der Waals surface area contributed by atoms with Gasteiger partial charge in [-0.2, -0.15) is 0 Å². The maximum Gasteiger partial charge on any atom is 0.294 e. The molecule has 0 fully saturated rings. The molecule has 10 heteroatoms. The predicted molar refractivity (Wildman–Crippen MR) is 128 cm³/mol. The number of fused-ring (bicyclic) bond motifs is 1. The molecule has 1 aliphatic heterocycles. The lowest BCUT2D eigenvalue weighted by Gasteiger charge is -2.11. The van der Waals surface area contributed by atoms with Crippen LogP contribution in [0.15, 0.2) is 71.0 Å². The number of nitro groups is 1. The Morgan fingerprint density at radius 1 is 1.06 bits per heavy atom. The van der Waals surface area contributed by atoms with Crippen molar-refractivity contribution in [2.24, 2.45) is 4.99 Å². The normalized spacial score (nSPS) is 12.8. The van der Waals surface area contributed by atoms with Crippen molar-refractivity contribution in [1.29, 1.82) is 0 Å². The molecule has 0 amide bonds. The topological polar surface area (TPSA) is 78.9 Å². The standard InChI is InChI=1S/C23H15Cl2N3O4S/c24-15-6-7-16(17(25)10-15)20-12-33-23(26-18-3-1-2-4-19(18)28(29)30)27(20)11-14-5-8-21-22(9-14)32-13-31-21/h1-10,12H,11,13H2. The molecule has 0 atom stereocenters. The summed E-state index contributed by atoms with van der Waals surface area (Å²) in [7, 11) is 0. The first-order valence-corrected chi connectivity index (χ1v) is 11.4. The molecule has 5 rings (SSSR count). The summed E-state index contributed by atoms with van der Waals surface area (Å²) in [4.78, 5) is 16.3. The van der Waals surface area contributed by atoms with Gasteiger partial charge in [-0.3, -0.25) is 10.1 Å². The van der Waals surface area contributed by atoms with Crippen LogP contribution in [0.5, 0.6) is 11.5 Å². The molecule has 33 heavy (non-hydrogen) atoms. The number of para-hydroxylation sites is 2. The lowest BCUT2D eigenvalue weighted by molar-refractivity contribution is -0.384. The number of nitro benzene ring substituents is 1. The molecule has 1 aromatic heterocycles. The molecule has 2 heterocycles. The minimum Gasteiger partial charge on any atom is -0.454 e. The van der Waals surface area contributed by atoms with E-state index in [0.29, 0.717) is 32.9 Å². The van der Waals surface area contributed by atoms with Gasteiger partial charge in [-0.05, 0) is 42.0 Å². The Kier molecular flexibility index (Phi) is 5.80. The molecule has 0 saturated carbocycles. The van der Waals surface area contributed by atoms with E-state index >= 15 is 0 Å². The summed E-state index contributed by atoms with van der Waals surface area (Å²) in [6.45, 7) is 0.627. The van der Waals surface area contributed by atoms with Gasteiger partial charge in [0.2, 0.25) is 6.79 Å². The SMILES string of the molecule is O=[N+]([O-])c1ccccc1N=c1scc(-c2ccc(Cl)cc2Cl)n1Cc1ccc2c(c1)OCO2. The number of nitrogens with zero attached hydrogens (tertiary/aromatic N) is 3. The highest BCUT2D eigenvalue weighted by atomic mass is 35.5. The highest BCUT2D eigenvalue weighted by molar-refractivity contribution is 7.07. The number of thiazole rings is 1. The van der Waals surface area contributed by atoms with Gasteiger partial charge in [-0.15, -0.1) is 11.3 Å². The molecule has 0 spiro atoms. The van der Waals surface area contributed by atoms with Crippen LogP contribution < -0.4 is 14.3 Å². The van der Waals surface area contributed by atoms with Gasteiger partial charge >= 0.3 is 0 Å². The zero-order valence-electron chi connectivity index (χ0n) is 16.9. The van der Waals surface area contributed by atoms with Gasteiger partial charge in [0, 0.05) is 22.0 Å². The van der Waals surface area contributed by atoms with Crippen LogP contribution in [-0.4, -0.2) is 16.3 Å². The van der Waals surface area contributed by atoms with E-state index in [0.717, 1.165) is 16.8 Å². The van der Waals surface area contributed by atoms with E-state index in [-0.39, 0.29) is 18.2 Å². The molecule has 4 aromatic rings. The van der Waals surface area contributed by atoms with Crippen LogP contribution in [0.2, 0.25) is 10.0 Å². The second kappa shape index (κ2) is 8.90. The first kappa shape index (κ1) is 21.5. The van der Waals surface area contributed by atoms with E-state index in [1.165, 1.54) is 17.4 Å². The van der Waals surface area contributed by atoms with Crippen molar-refractivity contribution in [1.82, 2.24) is 4.57 Å². The molecule has 166 valence electrons. The minimum absolute atomic E-state index is 0.0633. The Bertz CT molecular complexity index is 1450. The molecular formula is C23H15Cl2N3O4S. The van der Waals surface area contributed by atoms with E-state index in [2.05, 4.69) is 4.99 Å². The Morgan fingerprint density at radius 2 is 1.88 bits per heavy atom. The molecule has 0 N–H and O–H groups in total. The third-order valence-electron chi connectivity index (χ3n) is 5.08. The zero-order valence-corrected chi connectivity index (χ0v) is 19.2. The van der Waals surface area contributed by atoms with Gasteiger partial charge < -0.3 is 14.0 Å². The molecule has 7 nitrogen and oxygen atoms in total. The van der Waals surface area contributed by atoms with E-state index in [1.54, 1.807) is 30.3 Å². The van der Waals surface area contributed by atoms with Gasteiger partial charge in [0.05, 0.1) is 22.2 Å². The summed E-state index contributed by atoms with van der Waals surface area (Å²) >= 11 is 14.0. The molecule has 0 radical (unpaired) electrons. The van der Waals surface area contributed by atoms with Gasteiger partial charge in [-0.1, -0.05) is 41.4 Å². The summed E-state index contributed by atoms with van der Waals surface area (Å²) in [5.41, 5.74) is 2.76. The molecule has 1 aliphatic rings. The fourth-order valence-electron chi connectivity index (χ4n) is 3.52. The van der Waals surface area contributed by atoms with E-state index in [1.807, 2.05) is 34.2 Å². The van der Waals surface area contributed by atoms with Crippen LogP contribution in [0.4, 0.5) is 11.4 Å². The molecule has 3 aromatic carbocycles. The number of hydrogen-bond acceptors (Lipinski definition) is 6. The third-order valence-corrected chi connectivity index (χ3v) is 6.49. The average molecular weight is 500 g/mol. The van der Waals surface area contributed by atoms with Crippen molar-refractivity contribution >= 4 is 45.9 Å². The minimum atomic E-state index is -0.439. The monoisotopic (exact) mass is 499 g/mol. The number of benzene rings is 3. The van der Waals surface area contributed by atoms with Crippen molar-refractivity contribution in [3.63, 3.8) is 0 Å². The second-order valence-corrected chi connectivity index (χ2v) is 8.84. The van der Waals surface area contributed by atoms with Crippen LogP contribution in [0, 0.1) is 10.1 Å². The Labute approximate surface area is 202 Å². The zero-order chi connectivity index (χ0) is 22.9. The van der Waals surface area contributed by atoms with Crippen molar-refractivity contribution in [2.45, 2.75) is 6.54 Å². The van der Waals surface area contributed by atoms with Crippen LogP contribution >= 0.6 is 34.5 Å². The Morgan fingerprint density at radius 3 is 2.70 bits per heavy atom. The quantitative estimate of drug-likeness (QED) is 0.233. The van der Waals surface area contributed by atoms with E-state index < -0.39 is 4.92 Å². The Balaban J connectivity index is 1.67. The van der Waals surface area contributed by atoms with Crippen molar-refractivity contribution in [2.75, 3.05) is 6.79 Å². The predicted octanol–water partition coefficient (Wildman–Crippen LogP) is 6.44. The lowest BCUT2D eigenvalue weighted by Crippen LogP contribution is -2.17. The number of ether oxygens (including phenoxy) is 2. The lowest BCUT2D eigenvalue weighted by atomic mass is 10.1. The third kappa shape index (κ3) is 4.32. The summed E-state index contributed by atoms with van der Waals surface area (Å²) in [5.74, 6) is 1.37. The van der Waals surface area contributed by atoms with Gasteiger partial charge in [0.25, 0.3) is 5.69 Å². The molecule has 0 bridgehead atoms. The van der Waals surface area contributed by atoms with E-state index in [4.69, 9.17) is 32.7 Å². The fourth-order valence-corrected chi connectivity index (χ4v) is 4.94. The van der Waals surface area contributed by atoms with Gasteiger partial charge in [0.15, 0.2) is 16.3 Å². The fraction of sp³-hybridized carbons (Fsp3) is 0.0870. The number of aromatic nitrogens is 1.